The minimum absolute atomic E-state index is 0.150. The molecule has 1 N–H and O–H groups in total. The summed E-state index contributed by atoms with van der Waals surface area (Å²) in [6, 6.07) is 6.80. The van der Waals surface area contributed by atoms with E-state index < -0.39 is 11.9 Å². The Bertz CT molecular complexity index is 570. The van der Waals surface area contributed by atoms with Crippen LogP contribution in [-0.4, -0.2) is 16.3 Å². The SMILES string of the molecule is CCNCc1cnn(-c2ccc(C)cc2)c1C(F)(F)F. The molecule has 0 saturated carbocycles. The number of nitrogens with one attached hydrogen (secondary N) is 1. The van der Waals surface area contributed by atoms with Crippen LogP contribution in [-0.2, 0) is 12.7 Å². The Balaban J connectivity index is 2.47. The molecule has 6 heteroatoms. The molecule has 108 valence electrons. The number of alkyl halides is 3. The molecular formula is C14H16F3N3. The van der Waals surface area contributed by atoms with Crippen molar-refractivity contribution in [3.05, 3.63) is 47.3 Å². The first-order valence-corrected chi connectivity index (χ1v) is 6.35. The fourth-order valence-corrected chi connectivity index (χ4v) is 1.96. The molecular weight excluding hydrogens is 267 g/mol. The van der Waals surface area contributed by atoms with Gasteiger partial charge in [-0.2, -0.15) is 18.3 Å². The first kappa shape index (κ1) is 14.6. The number of hydrogen-bond donors (Lipinski definition) is 1. The quantitative estimate of drug-likeness (QED) is 0.933. The molecule has 0 radical (unpaired) electrons. The van der Waals surface area contributed by atoms with Gasteiger partial charge in [-0.3, -0.25) is 0 Å². The Morgan fingerprint density at radius 2 is 1.85 bits per heavy atom. The van der Waals surface area contributed by atoms with Gasteiger partial charge in [-0.25, -0.2) is 4.68 Å². The van der Waals surface area contributed by atoms with Gasteiger partial charge >= 0.3 is 6.18 Å². The molecule has 0 saturated heterocycles. The minimum Gasteiger partial charge on any atom is -0.313 e. The smallest absolute Gasteiger partial charge is 0.313 e. The third-order valence-corrected chi connectivity index (χ3v) is 2.96. The van der Waals surface area contributed by atoms with Gasteiger partial charge in [0.15, 0.2) is 5.69 Å². The van der Waals surface area contributed by atoms with Crippen LogP contribution in [0.3, 0.4) is 0 Å². The minimum atomic E-state index is -4.44. The molecule has 0 unspecified atom stereocenters. The molecule has 2 aromatic rings. The van der Waals surface area contributed by atoms with Gasteiger partial charge in [0.25, 0.3) is 0 Å². The summed E-state index contributed by atoms with van der Waals surface area (Å²) in [5.74, 6) is 0. The van der Waals surface area contributed by atoms with Crippen LogP contribution in [0.25, 0.3) is 5.69 Å². The van der Waals surface area contributed by atoms with Gasteiger partial charge in [0.1, 0.15) is 0 Å². The molecule has 0 aliphatic carbocycles. The van der Waals surface area contributed by atoms with E-state index in [1.165, 1.54) is 6.20 Å². The second kappa shape index (κ2) is 5.66. The van der Waals surface area contributed by atoms with Crippen LogP contribution in [0.4, 0.5) is 13.2 Å². The highest BCUT2D eigenvalue weighted by atomic mass is 19.4. The number of aryl methyl sites for hydroxylation is 1. The lowest BCUT2D eigenvalue weighted by atomic mass is 10.2. The molecule has 0 spiro atoms. The van der Waals surface area contributed by atoms with Gasteiger partial charge in [-0.05, 0) is 25.6 Å². The van der Waals surface area contributed by atoms with Crippen molar-refractivity contribution in [3.63, 3.8) is 0 Å². The summed E-state index contributed by atoms with van der Waals surface area (Å²) in [7, 11) is 0. The molecule has 1 aromatic heterocycles. The summed E-state index contributed by atoms with van der Waals surface area (Å²) in [6.07, 6.45) is -3.17. The first-order valence-electron chi connectivity index (χ1n) is 6.35. The Labute approximate surface area is 115 Å². The van der Waals surface area contributed by atoms with Crippen LogP contribution in [0, 0.1) is 6.92 Å². The van der Waals surface area contributed by atoms with Crippen molar-refractivity contribution in [1.82, 2.24) is 15.1 Å². The molecule has 2 rings (SSSR count). The lowest BCUT2D eigenvalue weighted by molar-refractivity contribution is -0.143. The van der Waals surface area contributed by atoms with Crippen LogP contribution in [0.15, 0.2) is 30.5 Å². The second-order valence-corrected chi connectivity index (χ2v) is 4.54. The predicted molar refractivity (Wildman–Crippen MR) is 70.7 cm³/mol. The van der Waals surface area contributed by atoms with Gasteiger partial charge in [0.2, 0.25) is 0 Å². The molecule has 1 heterocycles. The van der Waals surface area contributed by atoms with E-state index in [2.05, 4.69) is 10.4 Å². The maximum atomic E-state index is 13.2. The monoisotopic (exact) mass is 283 g/mol. The van der Waals surface area contributed by atoms with Crippen molar-refractivity contribution in [1.29, 1.82) is 0 Å². The third-order valence-electron chi connectivity index (χ3n) is 2.96. The summed E-state index contributed by atoms with van der Waals surface area (Å²) in [4.78, 5) is 0. The molecule has 0 aliphatic heterocycles. The molecule has 0 aliphatic rings. The third kappa shape index (κ3) is 3.01. The van der Waals surface area contributed by atoms with Crippen LogP contribution < -0.4 is 5.32 Å². The van der Waals surface area contributed by atoms with E-state index in [9.17, 15) is 13.2 Å². The number of aromatic nitrogens is 2. The molecule has 0 fully saturated rings. The topological polar surface area (TPSA) is 29.9 Å². The standard InChI is InChI=1S/C14H16F3N3/c1-3-18-8-11-9-19-20(13(11)14(15,16)17)12-6-4-10(2)5-7-12/h4-7,9,18H,3,8H2,1-2H3. The van der Waals surface area contributed by atoms with Gasteiger partial charge in [-0.1, -0.05) is 24.6 Å². The van der Waals surface area contributed by atoms with Crippen molar-refractivity contribution >= 4 is 0 Å². The average Bonchev–Trinajstić information content (AvgIpc) is 2.81. The van der Waals surface area contributed by atoms with E-state index in [1.807, 2.05) is 13.8 Å². The van der Waals surface area contributed by atoms with Crippen molar-refractivity contribution in [2.24, 2.45) is 0 Å². The second-order valence-electron chi connectivity index (χ2n) is 4.54. The molecule has 20 heavy (non-hydrogen) atoms. The lowest BCUT2D eigenvalue weighted by Gasteiger charge is -2.13. The van der Waals surface area contributed by atoms with Crippen LogP contribution in [0.5, 0.6) is 0 Å². The van der Waals surface area contributed by atoms with Gasteiger partial charge in [0, 0.05) is 12.1 Å². The molecule has 3 nitrogen and oxygen atoms in total. The highest BCUT2D eigenvalue weighted by molar-refractivity contribution is 5.38. The lowest BCUT2D eigenvalue weighted by Crippen LogP contribution is -2.19. The zero-order valence-electron chi connectivity index (χ0n) is 11.3. The maximum Gasteiger partial charge on any atom is 0.433 e. The van der Waals surface area contributed by atoms with Gasteiger partial charge < -0.3 is 5.32 Å². The Hall–Kier alpha value is -1.82. The van der Waals surface area contributed by atoms with Crippen molar-refractivity contribution in [3.8, 4) is 5.69 Å². The zero-order chi connectivity index (χ0) is 14.8. The summed E-state index contributed by atoms with van der Waals surface area (Å²) in [6.45, 7) is 4.48. The van der Waals surface area contributed by atoms with E-state index in [1.54, 1.807) is 24.3 Å². The van der Waals surface area contributed by atoms with Crippen LogP contribution in [0.2, 0.25) is 0 Å². The molecule has 0 amide bonds. The number of benzene rings is 1. The fraction of sp³-hybridized carbons (Fsp3) is 0.357. The summed E-state index contributed by atoms with van der Waals surface area (Å²) in [5.41, 5.74) is 0.829. The zero-order valence-corrected chi connectivity index (χ0v) is 11.3. The van der Waals surface area contributed by atoms with Crippen molar-refractivity contribution < 1.29 is 13.2 Å². The van der Waals surface area contributed by atoms with Crippen molar-refractivity contribution in [2.75, 3.05) is 6.54 Å². The van der Waals surface area contributed by atoms with E-state index >= 15 is 0 Å². The normalized spacial score (nSPS) is 11.8. The summed E-state index contributed by atoms with van der Waals surface area (Å²) < 4.78 is 40.7. The van der Waals surface area contributed by atoms with Crippen LogP contribution in [0.1, 0.15) is 23.7 Å². The summed E-state index contributed by atoms with van der Waals surface area (Å²) >= 11 is 0. The molecule has 0 bridgehead atoms. The van der Waals surface area contributed by atoms with E-state index in [4.69, 9.17) is 0 Å². The number of nitrogens with zero attached hydrogens (tertiary/aromatic N) is 2. The predicted octanol–water partition coefficient (Wildman–Crippen LogP) is 3.31. The maximum absolute atomic E-state index is 13.2. The first-order chi connectivity index (χ1) is 9.43. The molecule has 1 aromatic carbocycles. The van der Waals surface area contributed by atoms with Gasteiger partial charge in [-0.15, -0.1) is 0 Å². The fourth-order valence-electron chi connectivity index (χ4n) is 1.96. The number of halogens is 3. The highest BCUT2D eigenvalue weighted by Gasteiger charge is 2.38. The number of hydrogen-bond acceptors (Lipinski definition) is 2. The van der Waals surface area contributed by atoms with E-state index in [-0.39, 0.29) is 12.1 Å². The Kier molecular flexibility index (Phi) is 4.13. The molecule has 0 atom stereocenters. The van der Waals surface area contributed by atoms with E-state index in [0.717, 1.165) is 10.2 Å². The van der Waals surface area contributed by atoms with E-state index in [0.29, 0.717) is 12.2 Å². The van der Waals surface area contributed by atoms with Crippen molar-refractivity contribution in [2.45, 2.75) is 26.6 Å². The number of rotatable bonds is 4. The highest BCUT2D eigenvalue weighted by Crippen LogP contribution is 2.33. The van der Waals surface area contributed by atoms with Crippen LogP contribution >= 0.6 is 0 Å². The average molecular weight is 283 g/mol. The summed E-state index contributed by atoms with van der Waals surface area (Å²) in [5, 5.41) is 6.79. The Morgan fingerprint density at radius 1 is 1.20 bits per heavy atom. The van der Waals surface area contributed by atoms with Gasteiger partial charge in [0.05, 0.1) is 11.9 Å². The Morgan fingerprint density at radius 3 is 2.40 bits per heavy atom. The largest absolute Gasteiger partial charge is 0.433 e.